The van der Waals surface area contributed by atoms with Gasteiger partial charge in [0.2, 0.25) is 0 Å². The van der Waals surface area contributed by atoms with Gasteiger partial charge in [0, 0.05) is 15.8 Å². The third kappa shape index (κ3) is 2.93. The van der Waals surface area contributed by atoms with Crippen LogP contribution in [-0.4, -0.2) is 4.92 Å². The molecule has 0 bridgehead atoms. The van der Waals surface area contributed by atoms with E-state index >= 15 is 0 Å². The van der Waals surface area contributed by atoms with E-state index < -0.39 is 0 Å². The van der Waals surface area contributed by atoms with Crippen LogP contribution >= 0.6 is 11.3 Å². The number of hydrogen-bond donors (Lipinski definition) is 1. The number of nitro groups is 1. The second kappa shape index (κ2) is 5.40. The number of nitrogens with one attached hydrogen (secondary N) is 1. The molecular formula is C14H16N2O2S. The standard InChI is InChI=1S/C14H16N2O2S/c1-9-5-4-6-12(16(17)18)14(9)15-11(3)13-8-7-10(2)19-13/h4-8,11,15H,1-3H3. The maximum absolute atomic E-state index is 11.1. The van der Waals surface area contributed by atoms with Crippen LogP contribution in [0.15, 0.2) is 30.3 Å². The second-order valence-electron chi connectivity index (χ2n) is 4.54. The molecule has 0 amide bonds. The molecular weight excluding hydrogens is 260 g/mol. The van der Waals surface area contributed by atoms with Crippen molar-refractivity contribution in [3.8, 4) is 0 Å². The predicted molar refractivity (Wildman–Crippen MR) is 78.9 cm³/mol. The molecule has 0 saturated carbocycles. The fourth-order valence-corrected chi connectivity index (χ4v) is 2.85. The second-order valence-corrected chi connectivity index (χ2v) is 5.86. The maximum Gasteiger partial charge on any atom is 0.292 e. The van der Waals surface area contributed by atoms with Gasteiger partial charge in [-0.05, 0) is 38.5 Å². The molecule has 4 nitrogen and oxygen atoms in total. The number of aryl methyl sites for hydroxylation is 2. The van der Waals surface area contributed by atoms with Crippen molar-refractivity contribution in [2.24, 2.45) is 0 Å². The first-order chi connectivity index (χ1) is 8.99. The van der Waals surface area contributed by atoms with Crippen molar-refractivity contribution in [1.29, 1.82) is 0 Å². The zero-order valence-corrected chi connectivity index (χ0v) is 12.0. The molecule has 5 heteroatoms. The van der Waals surface area contributed by atoms with Gasteiger partial charge in [-0.25, -0.2) is 0 Å². The zero-order chi connectivity index (χ0) is 14.0. The quantitative estimate of drug-likeness (QED) is 0.663. The van der Waals surface area contributed by atoms with Crippen LogP contribution in [0.5, 0.6) is 0 Å². The molecule has 0 aliphatic heterocycles. The van der Waals surface area contributed by atoms with E-state index in [1.165, 1.54) is 15.8 Å². The van der Waals surface area contributed by atoms with Crippen LogP contribution in [0, 0.1) is 24.0 Å². The summed E-state index contributed by atoms with van der Waals surface area (Å²) in [6.45, 7) is 5.94. The molecule has 1 atom stereocenters. The number of thiophene rings is 1. The Labute approximate surface area is 116 Å². The number of hydrogen-bond acceptors (Lipinski definition) is 4. The van der Waals surface area contributed by atoms with E-state index in [1.807, 2.05) is 19.9 Å². The summed E-state index contributed by atoms with van der Waals surface area (Å²) in [6, 6.07) is 9.28. The van der Waals surface area contributed by atoms with Crippen molar-refractivity contribution in [3.05, 3.63) is 55.8 Å². The molecule has 0 aliphatic carbocycles. The third-order valence-electron chi connectivity index (χ3n) is 3.00. The fraction of sp³-hybridized carbons (Fsp3) is 0.286. The summed E-state index contributed by atoms with van der Waals surface area (Å²) in [6.07, 6.45) is 0. The average molecular weight is 276 g/mol. The first-order valence-corrected chi connectivity index (χ1v) is 6.87. The van der Waals surface area contributed by atoms with Crippen LogP contribution in [0.3, 0.4) is 0 Å². The molecule has 0 aliphatic rings. The Morgan fingerprint density at radius 2 is 2.00 bits per heavy atom. The molecule has 0 saturated heterocycles. The van der Waals surface area contributed by atoms with E-state index in [1.54, 1.807) is 17.4 Å². The molecule has 19 heavy (non-hydrogen) atoms. The Kier molecular flexibility index (Phi) is 3.85. The van der Waals surface area contributed by atoms with Gasteiger partial charge in [0.1, 0.15) is 5.69 Å². The van der Waals surface area contributed by atoms with E-state index in [0.29, 0.717) is 5.69 Å². The van der Waals surface area contributed by atoms with Crippen LogP contribution < -0.4 is 5.32 Å². The SMILES string of the molecule is Cc1ccc(C(C)Nc2c(C)cccc2[N+](=O)[O-])s1. The van der Waals surface area contributed by atoms with Crippen LogP contribution in [0.1, 0.15) is 28.3 Å². The van der Waals surface area contributed by atoms with Crippen LogP contribution in [-0.2, 0) is 0 Å². The normalized spacial score (nSPS) is 12.2. The van der Waals surface area contributed by atoms with Crippen molar-refractivity contribution in [3.63, 3.8) is 0 Å². The number of nitrogens with zero attached hydrogens (tertiary/aromatic N) is 1. The average Bonchev–Trinajstić information content (AvgIpc) is 2.78. The van der Waals surface area contributed by atoms with Gasteiger partial charge in [0.25, 0.3) is 5.69 Å². The molecule has 1 aromatic carbocycles. The molecule has 0 fully saturated rings. The molecule has 1 heterocycles. The monoisotopic (exact) mass is 276 g/mol. The summed E-state index contributed by atoms with van der Waals surface area (Å²) < 4.78 is 0. The van der Waals surface area contributed by atoms with Gasteiger partial charge >= 0.3 is 0 Å². The van der Waals surface area contributed by atoms with Crippen molar-refractivity contribution in [2.45, 2.75) is 26.8 Å². The van der Waals surface area contributed by atoms with Gasteiger partial charge in [-0.1, -0.05) is 12.1 Å². The lowest BCUT2D eigenvalue weighted by molar-refractivity contribution is -0.384. The van der Waals surface area contributed by atoms with Gasteiger partial charge in [-0.15, -0.1) is 11.3 Å². The highest BCUT2D eigenvalue weighted by Gasteiger charge is 2.18. The Morgan fingerprint density at radius 1 is 1.26 bits per heavy atom. The van der Waals surface area contributed by atoms with Crippen LogP contribution in [0.4, 0.5) is 11.4 Å². The summed E-state index contributed by atoms with van der Waals surface area (Å²) in [5.74, 6) is 0. The first-order valence-electron chi connectivity index (χ1n) is 6.06. The van der Waals surface area contributed by atoms with Crippen LogP contribution in [0.2, 0.25) is 0 Å². The van der Waals surface area contributed by atoms with Crippen LogP contribution in [0.25, 0.3) is 0 Å². The Bertz CT molecular complexity index is 607. The lowest BCUT2D eigenvalue weighted by atomic mass is 10.1. The molecule has 1 N–H and O–H groups in total. The minimum absolute atomic E-state index is 0.0542. The topological polar surface area (TPSA) is 55.2 Å². The maximum atomic E-state index is 11.1. The summed E-state index contributed by atoms with van der Waals surface area (Å²) in [5, 5.41) is 14.3. The van der Waals surface area contributed by atoms with E-state index in [0.717, 1.165) is 5.56 Å². The number of nitro benzene ring substituents is 1. The van der Waals surface area contributed by atoms with E-state index in [2.05, 4.69) is 24.4 Å². The van der Waals surface area contributed by atoms with Gasteiger partial charge < -0.3 is 5.32 Å². The number of benzene rings is 1. The van der Waals surface area contributed by atoms with Crippen molar-refractivity contribution < 1.29 is 4.92 Å². The third-order valence-corrected chi connectivity index (χ3v) is 4.18. The van der Waals surface area contributed by atoms with Gasteiger partial charge in [-0.3, -0.25) is 10.1 Å². The number of anilines is 1. The zero-order valence-electron chi connectivity index (χ0n) is 11.1. The molecule has 100 valence electrons. The van der Waals surface area contributed by atoms with Crippen molar-refractivity contribution in [2.75, 3.05) is 5.32 Å². The molecule has 1 unspecified atom stereocenters. The summed E-state index contributed by atoms with van der Waals surface area (Å²) >= 11 is 1.70. The van der Waals surface area contributed by atoms with Crippen molar-refractivity contribution in [1.82, 2.24) is 0 Å². The first kappa shape index (κ1) is 13.5. The Balaban J connectivity index is 2.30. The highest BCUT2D eigenvalue weighted by atomic mass is 32.1. The lowest BCUT2D eigenvalue weighted by Crippen LogP contribution is -2.08. The Morgan fingerprint density at radius 3 is 2.58 bits per heavy atom. The Hall–Kier alpha value is -1.88. The smallest absolute Gasteiger partial charge is 0.292 e. The van der Waals surface area contributed by atoms with Gasteiger partial charge in [0.15, 0.2) is 0 Å². The van der Waals surface area contributed by atoms with Gasteiger partial charge in [0.05, 0.1) is 11.0 Å². The highest BCUT2D eigenvalue weighted by molar-refractivity contribution is 7.12. The number of rotatable bonds is 4. The molecule has 0 spiro atoms. The predicted octanol–water partition coefficient (Wildman–Crippen LogP) is 4.45. The molecule has 0 radical (unpaired) electrons. The summed E-state index contributed by atoms with van der Waals surface area (Å²) in [4.78, 5) is 13.1. The minimum atomic E-state index is -0.346. The molecule has 2 rings (SSSR count). The fourth-order valence-electron chi connectivity index (χ4n) is 1.97. The van der Waals surface area contributed by atoms with Crippen molar-refractivity contribution >= 4 is 22.7 Å². The summed E-state index contributed by atoms with van der Waals surface area (Å²) in [5.41, 5.74) is 1.61. The van der Waals surface area contributed by atoms with E-state index in [-0.39, 0.29) is 16.7 Å². The molecule has 1 aromatic heterocycles. The van der Waals surface area contributed by atoms with Gasteiger partial charge in [-0.2, -0.15) is 0 Å². The van der Waals surface area contributed by atoms with E-state index in [4.69, 9.17) is 0 Å². The van der Waals surface area contributed by atoms with E-state index in [9.17, 15) is 10.1 Å². The number of para-hydroxylation sites is 1. The largest absolute Gasteiger partial charge is 0.372 e. The minimum Gasteiger partial charge on any atom is -0.372 e. The lowest BCUT2D eigenvalue weighted by Gasteiger charge is -2.15. The summed E-state index contributed by atoms with van der Waals surface area (Å²) in [7, 11) is 0. The molecule has 2 aromatic rings. The highest BCUT2D eigenvalue weighted by Crippen LogP contribution is 2.32.